The molecule has 0 bridgehead atoms. The first kappa shape index (κ1) is 18.0. The quantitative estimate of drug-likeness (QED) is 0.689. The van der Waals surface area contributed by atoms with Gasteiger partial charge in [0.05, 0.1) is 14.2 Å². The van der Waals surface area contributed by atoms with Gasteiger partial charge in [0.2, 0.25) is 0 Å². The van der Waals surface area contributed by atoms with E-state index in [0.717, 1.165) is 5.56 Å². The monoisotopic (exact) mass is 318 g/mol. The van der Waals surface area contributed by atoms with E-state index in [1.807, 2.05) is 30.3 Å². The fraction of sp³-hybridized carbons (Fsp3) is 0.143. The third-order valence-electron chi connectivity index (χ3n) is 2.84. The van der Waals surface area contributed by atoms with Crippen molar-refractivity contribution in [3.63, 3.8) is 0 Å². The van der Waals surface area contributed by atoms with Crippen molar-refractivity contribution in [3.8, 4) is 22.6 Å². The Morgan fingerprint density at radius 3 is 2.05 bits per heavy atom. The van der Waals surface area contributed by atoms with Crippen LogP contribution < -0.4 is 9.47 Å². The second-order valence-corrected chi connectivity index (χ2v) is 5.38. The van der Waals surface area contributed by atoms with E-state index in [-0.39, 0.29) is 46.0 Å². The van der Waals surface area contributed by atoms with Crippen molar-refractivity contribution in [3.05, 3.63) is 42.5 Å². The van der Waals surface area contributed by atoms with E-state index in [9.17, 15) is 13.0 Å². The molecule has 0 aliphatic heterocycles. The van der Waals surface area contributed by atoms with Crippen LogP contribution in [-0.2, 0) is 10.1 Å². The second-order valence-electron chi connectivity index (χ2n) is 4.02. The Morgan fingerprint density at radius 1 is 0.952 bits per heavy atom. The molecule has 0 unspecified atom stereocenters. The van der Waals surface area contributed by atoms with Crippen LogP contribution >= 0.6 is 0 Å². The molecule has 21 heavy (non-hydrogen) atoms. The van der Waals surface area contributed by atoms with E-state index >= 15 is 0 Å². The molecule has 2 aromatic carbocycles. The molecule has 0 spiro atoms. The molecule has 0 aliphatic carbocycles. The van der Waals surface area contributed by atoms with Crippen LogP contribution in [0.4, 0.5) is 0 Å². The molecule has 0 atom stereocenters. The van der Waals surface area contributed by atoms with Gasteiger partial charge in [0, 0.05) is 5.56 Å². The number of methoxy groups -OCH3 is 2. The van der Waals surface area contributed by atoms with Gasteiger partial charge in [-0.15, -0.1) is 0 Å². The molecule has 7 heteroatoms. The van der Waals surface area contributed by atoms with Gasteiger partial charge in [-0.05, 0) is 17.7 Å². The van der Waals surface area contributed by atoms with Crippen LogP contribution in [0.25, 0.3) is 11.1 Å². The Kier molecular flexibility index (Phi) is 6.24. The van der Waals surface area contributed by atoms with Crippen LogP contribution in [0.15, 0.2) is 47.4 Å². The Labute approximate surface area is 145 Å². The molecule has 5 nitrogen and oxygen atoms in total. The first-order valence-corrected chi connectivity index (χ1v) is 7.21. The standard InChI is InChI=1S/C14H14O5S.Na.H/c1-18-12-9-8-11(10-6-4-3-5-7-10)13(19-2)14(12)20(15,16)17;;/h3-9H,1-2H3,(H,15,16,17);;. The molecular formula is C14H15NaO5S. The predicted molar refractivity (Wildman–Crippen MR) is 81.9 cm³/mol. The van der Waals surface area contributed by atoms with Gasteiger partial charge >= 0.3 is 39.7 Å². The van der Waals surface area contributed by atoms with Gasteiger partial charge in [0.1, 0.15) is 5.75 Å². The van der Waals surface area contributed by atoms with E-state index in [4.69, 9.17) is 9.47 Å². The average Bonchev–Trinajstić information content (AvgIpc) is 2.45. The van der Waals surface area contributed by atoms with Gasteiger partial charge in [-0.3, -0.25) is 4.55 Å². The molecular weight excluding hydrogens is 303 g/mol. The summed E-state index contributed by atoms with van der Waals surface area (Å²) in [5.74, 6) is 0.0853. The predicted octanol–water partition coefficient (Wildman–Crippen LogP) is 1.97. The van der Waals surface area contributed by atoms with Gasteiger partial charge in [-0.25, -0.2) is 0 Å². The molecule has 108 valence electrons. The van der Waals surface area contributed by atoms with Gasteiger partial charge in [-0.1, -0.05) is 30.3 Å². The maximum absolute atomic E-state index is 11.6. The average molecular weight is 318 g/mol. The minimum atomic E-state index is -4.47. The van der Waals surface area contributed by atoms with Crippen molar-refractivity contribution in [1.29, 1.82) is 0 Å². The Morgan fingerprint density at radius 2 is 1.57 bits per heavy atom. The van der Waals surface area contributed by atoms with Crippen LogP contribution in [0.2, 0.25) is 0 Å². The number of rotatable bonds is 4. The van der Waals surface area contributed by atoms with E-state index in [1.165, 1.54) is 20.3 Å². The Balaban J connectivity index is 0.00000220. The van der Waals surface area contributed by atoms with Crippen molar-refractivity contribution < 1.29 is 22.4 Å². The molecule has 0 aliphatic rings. The van der Waals surface area contributed by atoms with E-state index < -0.39 is 10.1 Å². The summed E-state index contributed by atoms with van der Waals surface area (Å²) in [7, 11) is -1.80. The zero-order valence-electron chi connectivity index (χ0n) is 11.0. The summed E-state index contributed by atoms with van der Waals surface area (Å²) in [6.45, 7) is 0. The molecule has 0 saturated carbocycles. The summed E-state index contributed by atoms with van der Waals surface area (Å²) < 4.78 is 42.7. The Hall–Kier alpha value is -1.05. The Bertz CT molecular complexity index is 714. The van der Waals surface area contributed by atoms with Crippen molar-refractivity contribution in [2.75, 3.05) is 14.2 Å². The summed E-state index contributed by atoms with van der Waals surface area (Å²) >= 11 is 0. The van der Waals surface area contributed by atoms with E-state index in [1.54, 1.807) is 6.07 Å². The van der Waals surface area contributed by atoms with Crippen LogP contribution in [0.5, 0.6) is 11.5 Å². The molecule has 0 radical (unpaired) electrons. The van der Waals surface area contributed by atoms with Gasteiger partial charge < -0.3 is 9.47 Å². The molecule has 0 amide bonds. The molecule has 0 heterocycles. The minimum absolute atomic E-state index is 0. The molecule has 0 fully saturated rings. The summed E-state index contributed by atoms with van der Waals surface area (Å²) in [5, 5.41) is 0. The van der Waals surface area contributed by atoms with Crippen molar-refractivity contribution in [2.45, 2.75) is 4.90 Å². The molecule has 2 aromatic rings. The number of benzene rings is 2. The molecule has 1 N–H and O–H groups in total. The van der Waals surface area contributed by atoms with Crippen LogP contribution in [0.3, 0.4) is 0 Å². The zero-order chi connectivity index (χ0) is 14.8. The van der Waals surface area contributed by atoms with Gasteiger partial charge in [0.25, 0.3) is 0 Å². The second kappa shape index (κ2) is 7.29. The van der Waals surface area contributed by atoms with Crippen molar-refractivity contribution >= 4 is 39.7 Å². The topological polar surface area (TPSA) is 72.8 Å². The van der Waals surface area contributed by atoms with Gasteiger partial charge in [-0.2, -0.15) is 8.42 Å². The summed E-state index contributed by atoms with van der Waals surface area (Å²) in [5.41, 5.74) is 1.33. The third-order valence-corrected chi connectivity index (χ3v) is 3.75. The summed E-state index contributed by atoms with van der Waals surface area (Å²) in [4.78, 5) is -0.371. The first-order valence-electron chi connectivity index (χ1n) is 5.77. The molecule has 0 aromatic heterocycles. The normalized spacial score (nSPS) is 10.6. The maximum atomic E-state index is 11.6. The van der Waals surface area contributed by atoms with Crippen molar-refractivity contribution in [2.24, 2.45) is 0 Å². The number of hydrogen-bond donors (Lipinski definition) is 1. The molecule has 2 rings (SSSR count). The zero-order valence-corrected chi connectivity index (χ0v) is 11.8. The SMILES string of the molecule is COc1ccc(-c2ccccc2)c(OC)c1S(=O)(=O)O.[NaH]. The summed E-state index contributed by atoms with van der Waals surface area (Å²) in [6, 6.07) is 12.3. The third kappa shape index (κ3) is 3.78. The van der Waals surface area contributed by atoms with E-state index in [0.29, 0.717) is 5.56 Å². The molecule has 0 saturated heterocycles. The first-order chi connectivity index (χ1) is 9.49. The fourth-order valence-corrected chi connectivity index (χ4v) is 2.83. The number of ether oxygens (including phenoxy) is 2. The van der Waals surface area contributed by atoms with Crippen LogP contribution in [0.1, 0.15) is 0 Å². The fourth-order valence-electron chi connectivity index (χ4n) is 2.00. The van der Waals surface area contributed by atoms with Crippen LogP contribution in [-0.4, -0.2) is 56.7 Å². The van der Waals surface area contributed by atoms with Crippen molar-refractivity contribution in [1.82, 2.24) is 0 Å². The van der Waals surface area contributed by atoms with Gasteiger partial charge in [0.15, 0.2) is 10.6 Å². The van der Waals surface area contributed by atoms with E-state index in [2.05, 4.69) is 0 Å². The number of hydrogen-bond acceptors (Lipinski definition) is 4. The summed E-state index contributed by atoms with van der Waals surface area (Å²) in [6.07, 6.45) is 0. The van der Waals surface area contributed by atoms with Crippen LogP contribution in [0, 0.1) is 0 Å².